The Morgan fingerprint density at radius 2 is 1.46 bits per heavy atom. The van der Waals surface area contributed by atoms with Crippen molar-refractivity contribution in [2.24, 2.45) is 0 Å². The molecule has 3 aliphatic heterocycles. The molecule has 0 unspecified atom stereocenters. The zero-order chi connectivity index (χ0) is 29.2. The van der Waals surface area contributed by atoms with E-state index in [1.807, 2.05) is 30.3 Å². The fourth-order valence-electron chi connectivity index (χ4n) is 4.73. The molecule has 4 amide bonds. The van der Waals surface area contributed by atoms with Gasteiger partial charge in [0.15, 0.2) is 5.60 Å². The monoisotopic (exact) mass is 567 g/mol. The fourth-order valence-corrected chi connectivity index (χ4v) is 4.73. The minimum atomic E-state index is -1.34. The summed E-state index contributed by atoms with van der Waals surface area (Å²) in [6, 6.07) is 12.6. The van der Waals surface area contributed by atoms with Crippen LogP contribution in [0.2, 0.25) is 0 Å². The van der Waals surface area contributed by atoms with Gasteiger partial charge in [-0.05, 0) is 49.8 Å². The molecule has 12 heteroatoms. The van der Waals surface area contributed by atoms with Gasteiger partial charge in [0.25, 0.3) is 5.91 Å². The van der Waals surface area contributed by atoms with Gasteiger partial charge in [0.2, 0.25) is 17.7 Å². The lowest BCUT2D eigenvalue weighted by molar-refractivity contribution is -0.142. The van der Waals surface area contributed by atoms with Gasteiger partial charge in [-0.15, -0.1) is 0 Å². The van der Waals surface area contributed by atoms with Crippen LogP contribution >= 0.6 is 0 Å². The van der Waals surface area contributed by atoms with E-state index in [9.17, 15) is 24.3 Å². The highest BCUT2D eigenvalue weighted by atomic mass is 16.5. The Morgan fingerprint density at radius 1 is 0.805 bits per heavy atom. The second kappa shape index (κ2) is 14.0. The number of aliphatic hydroxyl groups is 1. The molecule has 0 aliphatic carbocycles. The Bertz CT molecular complexity index is 1200. The molecule has 1 saturated heterocycles. The number of ether oxygens (including phenoxy) is 2. The molecule has 3 heterocycles. The molecular weight excluding hydrogens is 530 g/mol. The molecule has 3 aliphatic rings. The van der Waals surface area contributed by atoms with Crippen LogP contribution in [0.3, 0.4) is 0 Å². The quantitative estimate of drug-likeness (QED) is 0.268. The first-order valence-corrected chi connectivity index (χ1v) is 13.8. The molecule has 0 radical (unpaired) electrons. The van der Waals surface area contributed by atoms with Crippen molar-refractivity contribution < 1.29 is 33.8 Å². The van der Waals surface area contributed by atoms with E-state index in [0.717, 1.165) is 5.56 Å². The summed E-state index contributed by atoms with van der Waals surface area (Å²) >= 11 is 0. The van der Waals surface area contributed by atoms with Crippen molar-refractivity contribution in [1.29, 1.82) is 0 Å². The van der Waals surface area contributed by atoms with Crippen LogP contribution in [0, 0.1) is 0 Å². The predicted molar refractivity (Wildman–Crippen MR) is 149 cm³/mol. The molecule has 3 atom stereocenters. The summed E-state index contributed by atoms with van der Waals surface area (Å²) in [6.07, 6.45) is 0.878. The molecule has 1 fully saturated rings. The van der Waals surface area contributed by atoms with Crippen molar-refractivity contribution in [3.63, 3.8) is 0 Å². The number of carbonyl (C=O) groups excluding carboxylic acids is 4. The van der Waals surface area contributed by atoms with Crippen LogP contribution in [0.1, 0.15) is 25.3 Å². The van der Waals surface area contributed by atoms with Gasteiger partial charge in [0, 0.05) is 19.3 Å². The Hall–Kier alpha value is -4.16. The summed E-state index contributed by atoms with van der Waals surface area (Å²) in [7, 11) is 0. The average Bonchev–Trinajstić information content (AvgIpc) is 2.98. The molecule has 1 spiro atoms. The van der Waals surface area contributed by atoms with E-state index in [-0.39, 0.29) is 19.6 Å². The van der Waals surface area contributed by atoms with Crippen molar-refractivity contribution in [1.82, 2.24) is 26.6 Å². The molecule has 12 nitrogen and oxygen atoms in total. The molecule has 2 aromatic carbocycles. The van der Waals surface area contributed by atoms with E-state index in [0.29, 0.717) is 37.4 Å². The first kappa shape index (κ1) is 29.8. The molecule has 41 heavy (non-hydrogen) atoms. The van der Waals surface area contributed by atoms with E-state index in [1.54, 1.807) is 24.3 Å². The second-order valence-electron chi connectivity index (χ2n) is 10.1. The van der Waals surface area contributed by atoms with Crippen molar-refractivity contribution in [2.45, 2.75) is 49.9 Å². The maximum atomic E-state index is 13.9. The van der Waals surface area contributed by atoms with E-state index < -0.39 is 54.0 Å². The maximum Gasteiger partial charge on any atom is 0.264 e. The topological polar surface area (TPSA) is 167 Å². The normalized spacial score (nSPS) is 24.2. The SMILES string of the molecule is C[C@@H]1NC(=O)[C@H](CO)NC(=O)[C@@H](Cc2ccccc2)NC(=O)C2(CCNCC2)Oc2ccc(cc2)OCCNC1=O. The Morgan fingerprint density at radius 3 is 2.15 bits per heavy atom. The van der Waals surface area contributed by atoms with Crippen molar-refractivity contribution in [3.8, 4) is 11.5 Å². The largest absolute Gasteiger partial charge is 0.492 e. The van der Waals surface area contributed by atoms with Gasteiger partial charge in [0.1, 0.15) is 36.2 Å². The summed E-state index contributed by atoms with van der Waals surface area (Å²) < 4.78 is 12.0. The highest BCUT2D eigenvalue weighted by Crippen LogP contribution is 2.29. The number of hydrogen-bond acceptors (Lipinski definition) is 8. The average molecular weight is 568 g/mol. The molecule has 0 aromatic heterocycles. The summed E-state index contributed by atoms with van der Waals surface area (Å²) in [6.45, 7) is 2.24. The minimum Gasteiger partial charge on any atom is -0.492 e. The predicted octanol–water partition coefficient (Wildman–Crippen LogP) is -0.594. The van der Waals surface area contributed by atoms with E-state index in [4.69, 9.17) is 9.47 Å². The second-order valence-corrected chi connectivity index (χ2v) is 10.1. The standard InChI is InChI=1S/C29H37N5O7/c1-19-25(36)31-15-16-40-21-7-9-22(10-8-21)41-29(11-13-30-14-12-29)28(39)34-23(17-20-5-3-2-4-6-20)26(37)33-24(18-35)27(38)32-19/h2-10,19,23-24,30,35H,11-18H2,1H3,(H,31,36)(H,32,38)(H,33,37)(H,34,39)/t19-,23+,24-/m0/s1. The first-order valence-electron chi connectivity index (χ1n) is 13.8. The minimum absolute atomic E-state index is 0.136. The fraction of sp³-hybridized carbons (Fsp3) is 0.448. The highest BCUT2D eigenvalue weighted by Gasteiger charge is 2.44. The lowest BCUT2D eigenvalue weighted by Crippen LogP contribution is -2.62. The van der Waals surface area contributed by atoms with Crippen LogP contribution in [0.15, 0.2) is 54.6 Å². The number of nitrogens with one attached hydrogen (secondary N) is 5. The summed E-state index contributed by atoms with van der Waals surface area (Å²) in [4.78, 5) is 52.7. The zero-order valence-electron chi connectivity index (χ0n) is 23.0. The van der Waals surface area contributed by atoms with Crippen LogP contribution in [0.5, 0.6) is 11.5 Å². The van der Waals surface area contributed by atoms with Crippen molar-refractivity contribution >= 4 is 23.6 Å². The zero-order valence-corrected chi connectivity index (χ0v) is 23.0. The Balaban J connectivity index is 1.65. The van der Waals surface area contributed by atoms with Gasteiger partial charge in [-0.25, -0.2) is 0 Å². The first-order chi connectivity index (χ1) is 19.8. The molecule has 2 bridgehead atoms. The van der Waals surface area contributed by atoms with Gasteiger partial charge in [0.05, 0.1) is 13.2 Å². The number of carbonyl (C=O) groups is 4. The van der Waals surface area contributed by atoms with Crippen molar-refractivity contribution in [3.05, 3.63) is 60.2 Å². The lowest BCUT2D eigenvalue weighted by Gasteiger charge is -2.37. The number of benzene rings is 2. The number of amides is 4. The lowest BCUT2D eigenvalue weighted by atomic mass is 9.90. The van der Waals surface area contributed by atoms with Crippen molar-refractivity contribution in [2.75, 3.05) is 32.8 Å². The van der Waals surface area contributed by atoms with Crippen LogP contribution in [-0.2, 0) is 25.6 Å². The molecule has 6 N–H and O–H groups in total. The van der Waals surface area contributed by atoms with Gasteiger partial charge >= 0.3 is 0 Å². The van der Waals surface area contributed by atoms with Crippen LogP contribution in [0.4, 0.5) is 0 Å². The summed E-state index contributed by atoms with van der Waals surface area (Å²) in [5.41, 5.74) is -0.453. The number of aliphatic hydroxyl groups excluding tert-OH is 1. The molecule has 2 aromatic rings. The maximum absolute atomic E-state index is 13.9. The van der Waals surface area contributed by atoms with Crippen LogP contribution < -0.4 is 36.1 Å². The Kier molecular flexibility index (Phi) is 10.1. The van der Waals surface area contributed by atoms with E-state index >= 15 is 0 Å². The third-order valence-electron chi connectivity index (χ3n) is 7.10. The number of fused-ring (bicyclic) bond motifs is 15. The van der Waals surface area contributed by atoms with Gasteiger partial charge in [-0.3, -0.25) is 19.2 Å². The molecule has 5 rings (SSSR count). The molecular formula is C29H37N5O7. The molecule has 0 saturated carbocycles. The van der Waals surface area contributed by atoms with Gasteiger partial charge in [-0.2, -0.15) is 0 Å². The highest BCUT2D eigenvalue weighted by molar-refractivity contribution is 5.95. The van der Waals surface area contributed by atoms with Crippen LogP contribution in [-0.4, -0.2) is 85.3 Å². The third kappa shape index (κ3) is 7.95. The number of piperidine rings is 1. The number of rotatable bonds is 3. The number of hydrogen-bond donors (Lipinski definition) is 6. The van der Waals surface area contributed by atoms with Gasteiger partial charge < -0.3 is 41.2 Å². The Labute approximate surface area is 238 Å². The van der Waals surface area contributed by atoms with Gasteiger partial charge in [-0.1, -0.05) is 30.3 Å². The van der Waals surface area contributed by atoms with E-state index in [1.165, 1.54) is 6.92 Å². The van der Waals surface area contributed by atoms with E-state index in [2.05, 4.69) is 26.6 Å². The summed E-state index contributed by atoms with van der Waals surface area (Å²) in [5, 5.41) is 23.7. The third-order valence-corrected chi connectivity index (χ3v) is 7.10. The molecule has 220 valence electrons. The summed E-state index contributed by atoms with van der Waals surface area (Å²) in [5.74, 6) is -1.29. The van der Waals surface area contributed by atoms with Crippen LogP contribution in [0.25, 0.3) is 0 Å². The smallest absolute Gasteiger partial charge is 0.264 e.